The minimum atomic E-state index is -0.604. The normalized spacial score (nSPS) is 11.4. The van der Waals surface area contributed by atoms with Crippen LogP contribution in [0.2, 0.25) is 0 Å². The van der Waals surface area contributed by atoms with E-state index in [4.69, 9.17) is 21.4 Å². The van der Waals surface area contributed by atoms with E-state index in [0.29, 0.717) is 50.1 Å². The second-order valence-electron chi connectivity index (χ2n) is 10.6. The zero-order valence-electron chi connectivity index (χ0n) is 23.7. The van der Waals surface area contributed by atoms with Gasteiger partial charge < -0.3 is 16.6 Å². The van der Waals surface area contributed by atoms with E-state index in [1.807, 2.05) is 44.3 Å². The van der Waals surface area contributed by atoms with Gasteiger partial charge in [0, 0.05) is 40.7 Å². The van der Waals surface area contributed by atoms with Crippen LogP contribution < -0.4 is 16.1 Å². The summed E-state index contributed by atoms with van der Waals surface area (Å²) in [6.45, 7) is 3.74. The van der Waals surface area contributed by atoms with E-state index in [0.717, 1.165) is 27.6 Å². The van der Waals surface area contributed by atoms with Crippen LogP contribution in [-0.4, -0.2) is 42.0 Å². The van der Waals surface area contributed by atoms with Gasteiger partial charge in [-0.3, -0.25) is 19.6 Å². The zero-order valence-corrected chi connectivity index (χ0v) is 23.7. The van der Waals surface area contributed by atoms with Crippen molar-refractivity contribution in [3.05, 3.63) is 102 Å². The predicted molar refractivity (Wildman–Crippen MR) is 165 cm³/mol. The third kappa shape index (κ3) is 4.26. The molecule has 11 nitrogen and oxygen atoms in total. The molecule has 0 aliphatic heterocycles. The van der Waals surface area contributed by atoms with Crippen LogP contribution in [0.15, 0.2) is 79.4 Å². The number of hydrogen-bond acceptors (Lipinski definition) is 7. The number of aromatic hydroxyl groups is 1. The number of nitrogens with one attached hydrogen (secondary N) is 1. The Kier molecular flexibility index (Phi) is 6.03. The van der Waals surface area contributed by atoms with E-state index in [1.54, 1.807) is 53.6 Å². The van der Waals surface area contributed by atoms with Gasteiger partial charge in [-0.1, -0.05) is 18.2 Å². The molecular formula is C33H25N8O3+. The lowest BCUT2D eigenvalue weighted by Gasteiger charge is -2.13. The van der Waals surface area contributed by atoms with E-state index in [-0.39, 0.29) is 11.3 Å². The van der Waals surface area contributed by atoms with Gasteiger partial charge in [-0.05, 0) is 71.4 Å². The van der Waals surface area contributed by atoms with E-state index < -0.39 is 11.8 Å². The number of primary amides is 2. The number of aryl methyl sites for hydroxylation is 1. The van der Waals surface area contributed by atoms with Gasteiger partial charge in [0.05, 0.1) is 21.9 Å². The number of aromatic amines is 1. The third-order valence-corrected chi connectivity index (χ3v) is 7.83. The second-order valence-corrected chi connectivity index (χ2v) is 10.6. The monoisotopic (exact) mass is 581 g/mol. The lowest BCUT2D eigenvalue weighted by molar-refractivity contribution is -0.656. The number of amides is 2. The summed E-state index contributed by atoms with van der Waals surface area (Å²) in [7, 11) is 0. The summed E-state index contributed by atoms with van der Waals surface area (Å²) in [5.41, 5.74) is 19.4. The SMILES string of the molecule is Cc1ccc(O)c(C)c1-c1cc(C(N)=O)cc2nc(-[n+]3cc4c(-c5cc(C(N)=O)cc6nccnc56)cccc4[nH]3)cnc12. The number of rotatable bonds is 5. The average molecular weight is 582 g/mol. The highest BCUT2D eigenvalue weighted by Crippen LogP contribution is 2.37. The Balaban J connectivity index is 1.42. The van der Waals surface area contributed by atoms with E-state index >= 15 is 0 Å². The number of nitrogens with zero attached hydrogens (tertiary/aromatic N) is 5. The number of phenols is 1. The Labute approximate surface area is 249 Å². The number of phenolic OH excluding ortho intramolecular Hbond substituents is 1. The molecule has 7 aromatic rings. The van der Waals surface area contributed by atoms with E-state index in [1.165, 1.54) is 0 Å². The van der Waals surface area contributed by atoms with Crippen molar-refractivity contribution < 1.29 is 19.4 Å². The number of carbonyl (C=O) groups is 2. The molecule has 3 heterocycles. The Hall–Kier alpha value is -6.23. The third-order valence-electron chi connectivity index (χ3n) is 7.83. The van der Waals surface area contributed by atoms with E-state index in [9.17, 15) is 14.7 Å². The molecule has 0 radical (unpaired) electrons. The fourth-order valence-electron chi connectivity index (χ4n) is 5.69. The van der Waals surface area contributed by atoms with Crippen molar-refractivity contribution >= 4 is 44.8 Å². The van der Waals surface area contributed by atoms with Gasteiger partial charge in [-0.15, -0.1) is 4.68 Å². The second kappa shape index (κ2) is 9.95. The summed E-state index contributed by atoms with van der Waals surface area (Å²) in [5.74, 6) is -0.566. The molecule has 4 aromatic carbocycles. The van der Waals surface area contributed by atoms with E-state index in [2.05, 4.69) is 15.1 Å². The lowest BCUT2D eigenvalue weighted by atomic mass is 9.92. The number of fused-ring (bicyclic) bond motifs is 3. The fraction of sp³-hybridized carbons (Fsp3) is 0.0606. The molecule has 2 amide bonds. The minimum absolute atomic E-state index is 0.136. The summed E-state index contributed by atoms with van der Waals surface area (Å²) in [5, 5.41) is 14.6. The van der Waals surface area contributed by atoms with Crippen molar-refractivity contribution in [3.63, 3.8) is 0 Å². The first-order chi connectivity index (χ1) is 21.2. The maximum absolute atomic E-state index is 12.3. The zero-order chi connectivity index (χ0) is 30.7. The number of benzene rings is 4. The quantitative estimate of drug-likeness (QED) is 0.220. The van der Waals surface area contributed by atoms with Crippen LogP contribution in [0.1, 0.15) is 31.8 Å². The first kappa shape index (κ1) is 26.7. The standard InChI is InChI=1S/C33H24N8O3/c1-16-6-7-27(42)17(2)29(16)22-11-19(33(35)44)13-26-31(22)38-14-28(39-26)41-15-23-20(4-3-5-24(23)40-41)21-10-18(32(34)43)12-25-30(21)37-9-8-36-25/h3-15H,1-2H3,(H5,34,35,42,43,44)/p+1. The molecule has 0 atom stereocenters. The highest BCUT2D eigenvalue weighted by Gasteiger charge is 2.22. The highest BCUT2D eigenvalue weighted by molar-refractivity contribution is 6.06. The Bertz CT molecular complexity index is 2350. The van der Waals surface area contributed by atoms with Crippen molar-refractivity contribution in [1.82, 2.24) is 25.0 Å². The Morgan fingerprint density at radius 2 is 1.52 bits per heavy atom. The lowest BCUT2D eigenvalue weighted by Crippen LogP contribution is -2.33. The van der Waals surface area contributed by atoms with Crippen LogP contribution in [-0.2, 0) is 0 Å². The first-order valence-electron chi connectivity index (χ1n) is 13.7. The van der Waals surface area contributed by atoms with Crippen LogP contribution in [0.25, 0.3) is 61.0 Å². The molecule has 7 rings (SSSR count). The molecule has 214 valence electrons. The number of nitrogens with two attached hydrogens (primary N) is 2. The fourth-order valence-corrected chi connectivity index (χ4v) is 5.69. The average Bonchev–Trinajstić information content (AvgIpc) is 3.47. The first-order valence-corrected chi connectivity index (χ1v) is 13.7. The number of carbonyl (C=O) groups excluding carboxylic acids is 2. The van der Waals surface area contributed by atoms with Crippen molar-refractivity contribution in [2.24, 2.45) is 11.5 Å². The van der Waals surface area contributed by atoms with Crippen LogP contribution in [0.3, 0.4) is 0 Å². The largest absolute Gasteiger partial charge is 0.508 e. The van der Waals surface area contributed by atoms with Crippen LogP contribution >= 0.6 is 0 Å². The molecule has 44 heavy (non-hydrogen) atoms. The summed E-state index contributed by atoms with van der Waals surface area (Å²) >= 11 is 0. The molecule has 6 N–H and O–H groups in total. The summed E-state index contributed by atoms with van der Waals surface area (Å²) < 4.78 is 1.73. The molecule has 0 aliphatic rings. The molecule has 3 aromatic heterocycles. The van der Waals surface area contributed by atoms with Crippen molar-refractivity contribution in [1.29, 1.82) is 0 Å². The Morgan fingerprint density at radius 3 is 2.30 bits per heavy atom. The van der Waals surface area contributed by atoms with Crippen LogP contribution in [0.4, 0.5) is 0 Å². The number of H-pyrrole nitrogens is 1. The van der Waals surface area contributed by atoms with Crippen LogP contribution in [0.5, 0.6) is 5.75 Å². The molecule has 0 saturated carbocycles. The topological polar surface area (TPSA) is 178 Å². The maximum Gasteiger partial charge on any atom is 0.365 e. The molecular weight excluding hydrogens is 556 g/mol. The van der Waals surface area contributed by atoms with Gasteiger partial charge >= 0.3 is 5.82 Å². The highest BCUT2D eigenvalue weighted by atomic mass is 16.3. The molecule has 0 saturated heterocycles. The van der Waals surface area contributed by atoms with Crippen molar-refractivity contribution in [3.8, 4) is 33.8 Å². The van der Waals surface area contributed by atoms with Gasteiger partial charge in [-0.25, -0.2) is 10.1 Å². The smallest absolute Gasteiger partial charge is 0.365 e. The molecule has 0 bridgehead atoms. The van der Waals surface area contributed by atoms with Crippen LogP contribution in [0, 0.1) is 13.8 Å². The summed E-state index contributed by atoms with van der Waals surface area (Å²) in [6, 6.07) is 15.9. The maximum atomic E-state index is 12.3. The Morgan fingerprint density at radius 1 is 0.818 bits per heavy atom. The molecule has 0 unspecified atom stereocenters. The van der Waals surface area contributed by atoms with Crippen molar-refractivity contribution in [2.45, 2.75) is 13.8 Å². The van der Waals surface area contributed by atoms with Gasteiger partial charge in [0.25, 0.3) is 0 Å². The number of aromatic nitrogens is 6. The van der Waals surface area contributed by atoms with Gasteiger partial charge in [-0.2, -0.15) is 0 Å². The summed E-state index contributed by atoms with van der Waals surface area (Å²) in [6.07, 6.45) is 6.68. The molecule has 0 aliphatic carbocycles. The van der Waals surface area contributed by atoms with Gasteiger partial charge in [0.15, 0.2) is 0 Å². The molecule has 0 spiro atoms. The van der Waals surface area contributed by atoms with Gasteiger partial charge in [0.1, 0.15) is 23.7 Å². The molecule has 0 fully saturated rings. The minimum Gasteiger partial charge on any atom is -0.508 e. The number of hydrogen-bond donors (Lipinski definition) is 4. The summed E-state index contributed by atoms with van der Waals surface area (Å²) in [4.78, 5) is 43.0. The predicted octanol–water partition coefficient (Wildman–Crippen LogP) is 4.19. The van der Waals surface area contributed by atoms with Crippen molar-refractivity contribution in [2.75, 3.05) is 0 Å². The molecule has 11 heteroatoms. The van der Waals surface area contributed by atoms with Gasteiger partial charge in [0.2, 0.25) is 17.3 Å².